The molecule has 0 bridgehead atoms. The molecule has 0 aromatic heterocycles. The molecule has 0 radical (unpaired) electrons. The lowest BCUT2D eigenvalue weighted by Gasteiger charge is -2.32. The summed E-state index contributed by atoms with van der Waals surface area (Å²) >= 11 is 0. The van der Waals surface area contributed by atoms with Crippen molar-refractivity contribution < 1.29 is 0 Å². The molecule has 0 saturated carbocycles. The van der Waals surface area contributed by atoms with E-state index < -0.39 is 0 Å². The molecule has 0 spiro atoms. The molecule has 0 amide bonds. The fraction of sp³-hybridized carbons (Fsp3) is 0.0545. The number of nitrogens with zero attached hydrogens (tertiary/aromatic N) is 2. The molecule has 1 aliphatic carbocycles. The van der Waals surface area contributed by atoms with Crippen molar-refractivity contribution in [3.8, 4) is 22.3 Å². The Balaban J connectivity index is 1.03. The van der Waals surface area contributed by atoms with Crippen LogP contribution in [0.2, 0.25) is 0 Å². The van der Waals surface area contributed by atoms with Gasteiger partial charge in [0.2, 0.25) is 0 Å². The average Bonchev–Trinajstić information content (AvgIpc) is 3.28. The molecule has 1 unspecified atom stereocenters. The third kappa shape index (κ3) is 8.57. The summed E-state index contributed by atoms with van der Waals surface area (Å²) in [4.78, 5) is 4.61. The van der Waals surface area contributed by atoms with Crippen molar-refractivity contribution in [1.82, 2.24) is 0 Å². The molecule has 0 N–H and O–H groups in total. The summed E-state index contributed by atoms with van der Waals surface area (Å²) in [5, 5.41) is 0. The van der Waals surface area contributed by atoms with E-state index in [0.29, 0.717) is 0 Å². The van der Waals surface area contributed by atoms with Gasteiger partial charge in [0.25, 0.3) is 0 Å². The molecule has 276 valence electrons. The van der Waals surface area contributed by atoms with Crippen molar-refractivity contribution in [1.29, 1.82) is 0 Å². The highest BCUT2D eigenvalue weighted by atomic mass is 15.2. The van der Waals surface area contributed by atoms with Gasteiger partial charge < -0.3 is 9.80 Å². The van der Waals surface area contributed by atoms with Gasteiger partial charge >= 0.3 is 0 Å². The molecule has 1 aliphatic rings. The second-order valence-corrected chi connectivity index (χ2v) is 14.3. The van der Waals surface area contributed by atoms with E-state index in [0.717, 1.165) is 34.9 Å². The van der Waals surface area contributed by atoms with Gasteiger partial charge in [-0.25, -0.2) is 0 Å². The summed E-state index contributed by atoms with van der Waals surface area (Å²) in [6.07, 6.45) is 14.1. The molecular weight excluding hydrogens is 689 g/mol. The highest BCUT2D eigenvalue weighted by Gasteiger charge is 2.23. The van der Waals surface area contributed by atoms with E-state index in [2.05, 4.69) is 242 Å². The Hall–Kier alpha value is -7.16. The first-order valence-corrected chi connectivity index (χ1v) is 19.6. The number of anilines is 4. The minimum absolute atomic E-state index is 0.214. The van der Waals surface area contributed by atoms with Gasteiger partial charge in [0.15, 0.2) is 0 Å². The molecule has 2 nitrogen and oxygen atoms in total. The van der Waals surface area contributed by atoms with Crippen LogP contribution in [0.1, 0.15) is 30.4 Å². The van der Waals surface area contributed by atoms with E-state index in [9.17, 15) is 0 Å². The van der Waals surface area contributed by atoms with E-state index in [-0.39, 0.29) is 5.92 Å². The van der Waals surface area contributed by atoms with Crippen molar-refractivity contribution in [2.45, 2.75) is 19.3 Å². The zero-order valence-electron chi connectivity index (χ0n) is 32.3. The molecular formula is C55H46N2. The fourth-order valence-corrected chi connectivity index (χ4v) is 7.67. The lowest BCUT2D eigenvalue weighted by atomic mass is 9.85. The van der Waals surface area contributed by atoms with Gasteiger partial charge in [-0.05, 0) is 113 Å². The topological polar surface area (TPSA) is 6.48 Å². The van der Waals surface area contributed by atoms with E-state index in [1.54, 1.807) is 0 Å². The van der Waals surface area contributed by atoms with Crippen LogP contribution in [-0.2, 0) is 0 Å². The van der Waals surface area contributed by atoms with Gasteiger partial charge in [-0.2, -0.15) is 0 Å². The van der Waals surface area contributed by atoms with E-state index in [4.69, 9.17) is 0 Å². The van der Waals surface area contributed by atoms with Crippen LogP contribution in [0, 0.1) is 0 Å². The number of rotatable bonds is 12. The Bertz CT molecular complexity index is 2530. The standard InChI is InChI=1S/C55H46N2/c1-42(19-17-20-43(2)56(49-26-11-5-12-27-49)51-37-33-46(34-38-51)44-21-7-3-8-22-44)54-31-15-16-32-55(54)48-25-18-30-53(41-48)57(50-28-13-6-14-29-50)52-39-35-47(36-40-52)45-23-9-4-10-24-45/h3-40,48H,2,41H2,1H3/b20-17-,42-19+. The second-order valence-electron chi connectivity index (χ2n) is 14.3. The monoisotopic (exact) mass is 734 g/mol. The Morgan fingerprint density at radius 1 is 0.526 bits per heavy atom. The predicted octanol–water partition coefficient (Wildman–Crippen LogP) is 15.1. The third-order valence-electron chi connectivity index (χ3n) is 10.5. The number of allylic oxidation sites excluding steroid dienone is 8. The number of hydrogen-bond acceptors (Lipinski definition) is 2. The van der Waals surface area contributed by atoms with Crippen molar-refractivity contribution >= 4 is 28.3 Å². The summed E-state index contributed by atoms with van der Waals surface area (Å²) in [5.41, 5.74) is 15.1. The normalized spacial score (nSPS) is 13.9. The molecule has 57 heavy (non-hydrogen) atoms. The first kappa shape index (κ1) is 36.8. The maximum atomic E-state index is 4.53. The van der Waals surface area contributed by atoms with Crippen LogP contribution in [0.25, 0.3) is 27.8 Å². The molecule has 0 saturated heterocycles. The summed E-state index contributed by atoms with van der Waals surface area (Å²) in [6.45, 7) is 6.74. The molecule has 7 aromatic rings. The zero-order chi connectivity index (χ0) is 38.8. The average molecular weight is 735 g/mol. The fourth-order valence-electron chi connectivity index (χ4n) is 7.67. The Morgan fingerprint density at radius 2 is 0.982 bits per heavy atom. The molecule has 2 heteroatoms. The van der Waals surface area contributed by atoms with Crippen LogP contribution < -0.4 is 9.80 Å². The van der Waals surface area contributed by atoms with Gasteiger partial charge in [0.1, 0.15) is 0 Å². The first-order chi connectivity index (χ1) is 28.1. The van der Waals surface area contributed by atoms with Crippen LogP contribution in [0.15, 0.2) is 249 Å². The number of hydrogen-bond donors (Lipinski definition) is 0. The Labute approximate surface area is 338 Å². The van der Waals surface area contributed by atoms with Gasteiger partial charge in [0.05, 0.1) is 0 Å². The van der Waals surface area contributed by atoms with E-state index in [1.165, 1.54) is 44.7 Å². The predicted molar refractivity (Wildman–Crippen MR) is 244 cm³/mol. The summed E-state index contributed by atoms with van der Waals surface area (Å²) < 4.78 is 0. The smallest absolute Gasteiger partial charge is 0.0461 e. The number of benzene rings is 7. The van der Waals surface area contributed by atoms with Crippen LogP contribution in [-0.4, -0.2) is 0 Å². The van der Waals surface area contributed by atoms with Crippen molar-refractivity contribution in [2.24, 2.45) is 0 Å². The van der Waals surface area contributed by atoms with Gasteiger partial charge in [-0.3, -0.25) is 0 Å². The molecule has 0 fully saturated rings. The highest BCUT2D eigenvalue weighted by Crippen LogP contribution is 2.40. The van der Waals surface area contributed by atoms with Crippen molar-refractivity contribution in [2.75, 3.05) is 9.80 Å². The van der Waals surface area contributed by atoms with Crippen LogP contribution in [0.3, 0.4) is 0 Å². The number of para-hydroxylation sites is 2. The molecule has 1 atom stereocenters. The summed E-state index contributed by atoms with van der Waals surface area (Å²) in [7, 11) is 0. The minimum atomic E-state index is 0.214. The molecule has 0 heterocycles. The van der Waals surface area contributed by atoms with Crippen molar-refractivity contribution in [3.05, 3.63) is 260 Å². The quantitative estimate of drug-likeness (QED) is 0.115. The Kier molecular flexibility index (Phi) is 11.3. The second kappa shape index (κ2) is 17.5. The minimum Gasteiger partial charge on any atom is -0.314 e. The summed E-state index contributed by atoms with van der Waals surface area (Å²) in [5.74, 6) is 0.214. The first-order valence-electron chi connectivity index (χ1n) is 19.6. The van der Waals surface area contributed by atoms with Crippen LogP contribution in [0.4, 0.5) is 22.7 Å². The molecule has 0 aliphatic heterocycles. The van der Waals surface area contributed by atoms with E-state index >= 15 is 0 Å². The lowest BCUT2D eigenvalue weighted by Crippen LogP contribution is -2.19. The summed E-state index contributed by atoms with van der Waals surface area (Å²) in [6, 6.07) is 68.6. The van der Waals surface area contributed by atoms with E-state index in [1.807, 2.05) is 12.1 Å². The highest BCUT2D eigenvalue weighted by molar-refractivity contribution is 5.76. The maximum Gasteiger partial charge on any atom is 0.0461 e. The third-order valence-corrected chi connectivity index (χ3v) is 10.5. The van der Waals surface area contributed by atoms with Crippen LogP contribution >= 0.6 is 0 Å². The SMILES string of the molecule is C=C(/C=C\C=C(/C)c1ccccc1C1C=CC=C(N(c2ccccc2)c2ccc(-c3ccccc3)cc2)C1)N(c1ccccc1)c1ccc(-c2ccccc2)cc1. The van der Waals surface area contributed by atoms with Gasteiger partial charge in [-0.1, -0.05) is 176 Å². The molecule has 8 rings (SSSR count). The van der Waals surface area contributed by atoms with Crippen LogP contribution in [0.5, 0.6) is 0 Å². The largest absolute Gasteiger partial charge is 0.314 e. The maximum absolute atomic E-state index is 4.53. The zero-order valence-corrected chi connectivity index (χ0v) is 32.3. The van der Waals surface area contributed by atoms with Gasteiger partial charge in [-0.15, -0.1) is 0 Å². The lowest BCUT2D eigenvalue weighted by molar-refractivity contribution is 0.792. The molecule has 7 aromatic carbocycles. The van der Waals surface area contributed by atoms with Gasteiger partial charge in [0, 0.05) is 40.1 Å². The van der Waals surface area contributed by atoms with Crippen molar-refractivity contribution in [3.63, 3.8) is 0 Å². The Morgan fingerprint density at radius 3 is 1.58 bits per heavy atom.